The SMILES string of the molecule is CC1NC2CN(C(=O)OC(C)(C)C)CCC12. The van der Waals surface area contributed by atoms with Crippen LogP contribution in [0.5, 0.6) is 0 Å². The molecule has 0 radical (unpaired) electrons. The van der Waals surface area contributed by atoms with Crippen molar-refractivity contribution < 1.29 is 9.53 Å². The quantitative estimate of drug-likeness (QED) is 0.682. The Bertz CT molecular complexity index is 285. The lowest BCUT2D eigenvalue weighted by Crippen LogP contribution is -2.67. The molecular formula is C12H22N2O2. The van der Waals surface area contributed by atoms with Crippen molar-refractivity contribution in [3.05, 3.63) is 0 Å². The summed E-state index contributed by atoms with van der Waals surface area (Å²) in [4.78, 5) is 13.7. The molecule has 3 unspecified atom stereocenters. The number of carbonyl (C=O) groups is 1. The van der Waals surface area contributed by atoms with Gasteiger partial charge in [0.1, 0.15) is 5.60 Å². The summed E-state index contributed by atoms with van der Waals surface area (Å²) in [6.45, 7) is 9.56. The fourth-order valence-corrected chi connectivity index (χ4v) is 2.58. The number of hydrogen-bond acceptors (Lipinski definition) is 3. The molecule has 0 aromatic heterocycles. The zero-order valence-corrected chi connectivity index (χ0v) is 10.6. The second-order valence-electron chi connectivity index (χ2n) is 5.94. The second-order valence-corrected chi connectivity index (χ2v) is 5.94. The van der Waals surface area contributed by atoms with Gasteiger partial charge in [-0.3, -0.25) is 0 Å². The van der Waals surface area contributed by atoms with Gasteiger partial charge in [-0.1, -0.05) is 0 Å². The maximum absolute atomic E-state index is 11.8. The summed E-state index contributed by atoms with van der Waals surface area (Å²) in [5.41, 5.74) is -0.395. The molecule has 4 heteroatoms. The van der Waals surface area contributed by atoms with Gasteiger partial charge in [-0.2, -0.15) is 0 Å². The molecule has 2 aliphatic heterocycles. The smallest absolute Gasteiger partial charge is 0.410 e. The molecule has 0 spiro atoms. The lowest BCUT2D eigenvalue weighted by molar-refractivity contribution is -0.00317. The summed E-state index contributed by atoms with van der Waals surface area (Å²) in [5.74, 6) is 0.749. The molecule has 16 heavy (non-hydrogen) atoms. The molecule has 2 fully saturated rings. The van der Waals surface area contributed by atoms with Crippen LogP contribution in [0.25, 0.3) is 0 Å². The minimum absolute atomic E-state index is 0.174. The highest BCUT2D eigenvalue weighted by atomic mass is 16.6. The molecule has 0 aromatic rings. The number of rotatable bonds is 0. The highest BCUT2D eigenvalue weighted by Gasteiger charge is 2.42. The van der Waals surface area contributed by atoms with Gasteiger partial charge in [0.2, 0.25) is 0 Å². The van der Waals surface area contributed by atoms with Crippen LogP contribution in [0, 0.1) is 5.92 Å². The van der Waals surface area contributed by atoms with Crippen LogP contribution in [-0.2, 0) is 4.74 Å². The zero-order valence-electron chi connectivity index (χ0n) is 10.6. The van der Waals surface area contributed by atoms with Gasteiger partial charge >= 0.3 is 6.09 Å². The van der Waals surface area contributed by atoms with E-state index in [1.54, 1.807) is 0 Å². The summed E-state index contributed by atoms with van der Waals surface area (Å²) in [5, 5.41) is 3.44. The minimum Gasteiger partial charge on any atom is -0.444 e. The Hall–Kier alpha value is -0.770. The van der Waals surface area contributed by atoms with Crippen molar-refractivity contribution in [3.63, 3.8) is 0 Å². The summed E-state index contributed by atoms with van der Waals surface area (Å²) in [6.07, 6.45) is 0.922. The predicted molar refractivity (Wildman–Crippen MR) is 62.3 cm³/mol. The van der Waals surface area contributed by atoms with Gasteiger partial charge in [-0.15, -0.1) is 0 Å². The van der Waals surface area contributed by atoms with Crippen LogP contribution >= 0.6 is 0 Å². The number of fused-ring (bicyclic) bond motifs is 1. The van der Waals surface area contributed by atoms with Gasteiger partial charge in [0.25, 0.3) is 0 Å². The summed E-state index contributed by atoms with van der Waals surface area (Å²) >= 11 is 0. The first-order chi connectivity index (χ1) is 7.37. The van der Waals surface area contributed by atoms with Gasteiger partial charge in [-0.05, 0) is 40.0 Å². The molecule has 0 bridgehead atoms. The Morgan fingerprint density at radius 2 is 2.12 bits per heavy atom. The van der Waals surface area contributed by atoms with Crippen LogP contribution in [0.2, 0.25) is 0 Å². The molecule has 1 amide bonds. The fraction of sp³-hybridized carbons (Fsp3) is 0.917. The number of piperidine rings is 1. The number of nitrogens with zero attached hydrogens (tertiary/aromatic N) is 1. The van der Waals surface area contributed by atoms with Gasteiger partial charge in [0.05, 0.1) is 0 Å². The molecule has 92 valence electrons. The third kappa shape index (κ3) is 2.32. The molecule has 3 atom stereocenters. The van der Waals surface area contributed by atoms with E-state index in [0.717, 1.165) is 25.4 Å². The van der Waals surface area contributed by atoms with E-state index in [0.29, 0.717) is 12.1 Å². The second kappa shape index (κ2) is 3.91. The van der Waals surface area contributed by atoms with Crippen LogP contribution < -0.4 is 5.32 Å². The van der Waals surface area contributed by atoms with E-state index in [9.17, 15) is 4.79 Å². The Morgan fingerprint density at radius 3 is 2.62 bits per heavy atom. The van der Waals surface area contributed by atoms with E-state index in [4.69, 9.17) is 4.74 Å². The average Bonchev–Trinajstić information content (AvgIpc) is 2.12. The molecule has 0 aliphatic carbocycles. The maximum Gasteiger partial charge on any atom is 0.410 e. The molecular weight excluding hydrogens is 204 g/mol. The van der Waals surface area contributed by atoms with Crippen molar-refractivity contribution in [1.29, 1.82) is 0 Å². The molecule has 0 aromatic carbocycles. The fourth-order valence-electron chi connectivity index (χ4n) is 2.58. The van der Waals surface area contributed by atoms with Crippen LogP contribution in [0.1, 0.15) is 34.1 Å². The largest absolute Gasteiger partial charge is 0.444 e. The normalized spacial score (nSPS) is 34.0. The van der Waals surface area contributed by atoms with Crippen LogP contribution in [0.3, 0.4) is 0 Å². The number of ether oxygens (including phenoxy) is 1. The number of likely N-dealkylation sites (tertiary alicyclic amines) is 1. The van der Waals surface area contributed by atoms with E-state index >= 15 is 0 Å². The van der Waals surface area contributed by atoms with Crippen LogP contribution in [0.4, 0.5) is 4.79 Å². The zero-order chi connectivity index (χ0) is 11.9. The number of carbonyl (C=O) groups excluding carboxylic acids is 1. The number of hydrogen-bond donors (Lipinski definition) is 1. The van der Waals surface area contributed by atoms with Gasteiger partial charge in [-0.25, -0.2) is 4.79 Å². The summed E-state index contributed by atoms with van der Waals surface area (Å²) < 4.78 is 5.37. The monoisotopic (exact) mass is 226 g/mol. The maximum atomic E-state index is 11.8. The van der Waals surface area contributed by atoms with Crippen molar-refractivity contribution >= 4 is 6.09 Å². The third-order valence-corrected chi connectivity index (χ3v) is 3.44. The lowest BCUT2D eigenvalue weighted by Gasteiger charge is -2.50. The molecule has 2 aliphatic rings. The van der Waals surface area contributed by atoms with Crippen molar-refractivity contribution in [1.82, 2.24) is 10.2 Å². The topological polar surface area (TPSA) is 41.6 Å². The first-order valence-corrected chi connectivity index (χ1v) is 6.11. The molecule has 0 saturated carbocycles. The molecule has 2 heterocycles. The molecule has 4 nitrogen and oxygen atoms in total. The minimum atomic E-state index is -0.395. The van der Waals surface area contributed by atoms with E-state index in [2.05, 4.69) is 12.2 Å². The van der Waals surface area contributed by atoms with Gasteiger partial charge < -0.3 is 15.0 Å². The van der Waals surface area contributed by atoms with E-state index in [-0.39, 0.29) is 6.09 Å². The van der Waals surface area contributed by atoms with E-state index in [1.165, 1.54) is 0 Å². The van der Waals surface area contributed by atoms with Crippen molar-refractivity contribution in [2.45, 2.75) is 51.8 Å². The van der Waals surface area contributed by atoms with Crippen molar-refractivity contribution in [2.75, 3.05) is 13.1 Å². The number of nitrogens with one attached hydrogen (secondary N) is 1. The number of amides is 1. The Balaban J connectivity index is 1.86. The van der Waals surface area contributed by atoms with Crippen LogP contribution in [-0.4, -0.2) is 41.8 Å². The first-order valence-electron chi connectivity index (χ1n) is 6.11. The summed E-state index contributed by atoms with van der Waals surface area (Å²) in [6, 6.07) is 1.10. The standard InChI is InChI=1S/C12H22N2O2/c1-8-9-5-6-14(7-10(9)13-8)11(15)16-12(2,3)4/h8-10,13H,5-7H2,1-4H3. The molecule has 2 rings (SSSR count). The Kier molecular flexibility index (Phi) is 2.86. The van der Waals surface area contributed by atoms with E-state index < -0.39 is 5.60 Å². The van der Waals surface area contributed by atoms with Crippen LogP contribution in [0.15, 0.2) is 0 Å². The van der Waals surface area contributed by atoms with Gasteiger partial charge in [0, 0.05) is 25.2 Å². The Labute approximate surface area is 97.3 Å². The first kappa shape index (κ1) is 11.7. The lowest BCUT2D eigenvalue weighted by atomic mass is 9.78. The van der Waals surface area contributed by atoms with E-state index in [1.807, 2.05) is 25.7 Å². The Morgan fingerprint density at radius 1 is 1.44 bits per heavy atom. The third-order valence-electron chi connectivity index (χ3n) is 3.44. The molecule has 1 N–H and O–H groups in total. The average molecular weight is 226 g/mol. The highest BCUT2D eigenvalue weighted by molar-refractivity contribution is 5.68. The predicted octanol–water partition coefficient (Wildman–Crippen LogP) is 1.60. The van der Waals surface area contributed by atoms with Crippen molar-refractivity contribution in [3.8, 4) is 0 Å². The summed E-state index contributed by atoms with van der Waals surface area (Å²) in [7, 11) is 0. The molecule has 2 saturated heterocycles. The van der Waals surface area contributed by atoms with Gasteiger partial charge in [0.15, 0.2) is 0 Å². The van der Waals surface area contributed by atoms with Crippen molar-refractivity contribution in [2.24, 2.45) is 5.92 Å². The highest BCUT2D eigenvalue weighted by Crippen LogP contribution is 2.29.